The Bertz CT molecular complexity index is 908. The zero-order valence-electron chi connectivity index (χ0n) is 14.7. The minimum absolute atomic E-state index is 0.00112. The van der Waals surface area contributed by atoms with Crippen LogP contribution in [0.1, 0.15) is 52.7 Å². The van der Waals surface area contributed by atoms with Crippen LogP contribution in [0.5, 0.6) is 0 Å². The van der Waals surface area contributed by atoms with Crippen LogP contribution in [-0.2, 0) is 10.8 Å². The van der Waals surface area contributed by atoms with Gasteiger partial charge in [-0.2, -0.15) is 0 Å². The Morgan fingerprint density at radius 1 is 0.913 bits per heavy atom. The van der Waals surface area contributed by atoms with Crippen LogP contribution in [0, 0.1) is 0 Å². The van der Waals surface area contributed by atoms with Crippen LogP contribution in [0.2, 0.25) is 0 Å². The van der Waals surface area contributed by atoms with Gasteiger partial charge in [0.1, 0.15) is 11.2 Å². The molecule has 23 heavy (non-hydrogen) atoms. The molecule has 120 valence electrons. The molecule has 0 amide bonds. The van der Waals surface area contributed by atoms with Crippen molar-refractivity contribution in [3.8, 4) is 11.5 Å². The number of benzene rings is 2. The molecular formula is C20H23NO2. The lowest BCUT2D eigenvalue weighted by Gasteiger charge is -2.20. The molecule has 3 heteroatoms. The van der Waals surface area contributed by atoms with E-state index in [2.05, 4.69) is 32.9 Å². The van der Waals surface area contributed by atoms with Gasteiger partial charge in [0.25, 0.3) is 0 Å². The maximum absolute atomic E-state index is 12.3. The number of hydrogen-bond acceptors (Lipinski definition) is 3. The first kappa shape index (κ1) is 15.7. The van der Waals surface area contributed by atoms with E-state index in [1.165, 1.54) is 5.56 Å². The van der Waals surface area contributed by atoms with Gasteiger partial charge >= 0.3 is 0 Å². The fourth-order valence-corrected chi connectivity index (χ4v) is 2.71. The van der Waals surface area contributed by atoms with E-state index in [9.17, 15) is 4.79 Å². The summed E-state index contributed by atoms with van der Waals surface area (Å²) in [4.78, 5) is 17.0. The largest absolute Gasteiger partial charge is 0.453 e. The molecule has 3 rings (SSSR count). The fraction of sp³-hybridized carbons (Fsp3) is 0.400. The van der Waals surface area contributed by atoms with Crippen molar-refractivity contribution in [2.45, 2.75) is 52.4 Å². The molecule has 1 aromatic carbocycles. The summed E-state index contributed by atoms with van der Waals surface area (Å²) in [6.07, 6.45) is 0. The van der Waals surface area contributed by atoms with Crippen LogP contribution < -0.4 is 5.43 Å². The van der Waals surface area contributed by atoms with E-state index in [-0.39, 0.29) is 16.3 Å². The van der Waals surface area contributed by atoms with Gasteiger partial charge in [-0.05, 0) is 34.6 Å². The minimum Gasteiger partial charge on any atom is -0.453 e. The summed E-state index contributed by atoms with van der Waals surface area (Å²) in [6.45, 7) is 12.6. The lowest BCUT2D eigenvalue weighted by molar-refractivity contribution is 0.577. The standard InChI is InChI=1S/C20H23NO2/c1-19(2,3)12-7-8-17-14(9-12)21-15-10-13(20(4,5)6)16(22)11-18(15)23-17/h7-11H,1-6H3. The highest BCUT2D eigenvalue weighted by Gasteiger charge is 2.22. The lowest BCUT2D eigenvalue weighted by Crippen LogP contribution is -2.22. The molecule has 0 unspecified atom stereocenters. The third-order valence-electron chi connectivity index (χ3n) is 4.15. The van der Waals surface area contributed by atoms with E-state index >= 15 is 0 Å². The van der Waals surface area contributed by atoms with E-state index in [1.54, 1.807) is 6.07 Å². The third-order valence-corrected chi connectivity index (χ3v) is 4.15. The van der Waals surface area contributed by atoms with E-state index < -0.39 is 0 Å². The van der Waals surface area contributed by atoms with E-state index in [1.807, 2.05) is 32.9 Å². The van der Waals surface area contributed by atoms with Gasteiger partial charge in [0.15, 0.2) is 16.8 Å². The first-order valence-corrected chi connectivity index (χ1v) is 7.95. The molecule has 0 saturated heterocycles. The molecule has 1 heterocycles. The van der Waals surface area contributed by atoms with Crippen molar-refractivity contribution in [2.75, 3.05) is 0 Å². The fourth-order valence-electron chi connectivity index (χ4n) is 2.71. The van der Waals surface area contributed by atoms with Crippen molar-refractivity contribution in [3.05, 3.63) is 51.7 Å². The average Bonchev–Trinajstić information content (AvgIpc) is 2.41. The topological polar surface area (TPSA) is 43.1 Å². The molecule has 0 aromatic heterocycles. The monoisotopic (exact) mass is 309 g/mol. The molecule has 0 fully saturated rings. The molecule has 0 spiro atoms. The summed E-state index contributed by atoms with van der Waals surface area (Å²) in [5.41, 5.74) is 4.07. The zero-order valence-corrected chi connectivity index (χ0v) is 14.7. The van der Waals surface area contributed by atoms with E-state index in [4.69, 9.17) is 9.40 Å². The van der Waals surface area contributed by atoms with E-state index in [0.717, 1.165) is 16.8 Å². The minimum atomic E-state index is -0.213. The average molecular weight is 309 g/mol. The predicted octanol–water partition coefficient (Wildman–Crippen LogP) is 4.89. The van der Waals surface area contributed by atoms with Crippen LogP contribution in [0.4, 0.5) is 0 Å². The van der Waals surface area contributed by atoms with Gasteiger partial charge in [-0.25, -0.2) is 4.98 Å². The first-order chi connectivity index (χ1) is 10.6. The zero-order chi connectivity index (χ0) is 17.0. The molecule has 0 bridgehead atoms. The van der Waals surface area contributed by atoms with Crippen LogP contribution >= 0.6 is 0 Å². The molecule has 1 aliphatic heterocycles. The second-order valence-electron chi connectivity index (χ2n) is 8.21. The van der Waals surface area contributed by atoms with Crippen molar-refractivity contribution < 1.29 is 4.42 Å². The normalized spacial score (nSPS) is 13.0. The molecule has 0 saturated carbocycles. The SMILES string of the molecule is CC(C)(C)c1ccc2oc3cc(=O)c(C(C)(C)C)cc-3nc2c1. The van der Waals surface area contributed by atoms with Gasteiger partial charge in [0.2, 0.25) is 0 Å². The van der Waals surface area contributed by atoms with Crippen molar-refractivity contribution in [2.24, 2.45) is 0 Å². The third kappa shape index (κ3) is 2.88. The Labute approximate surface area is 136 Å². The smallest absolute Gasteiger partial charge is 0.186 e. The second-order valence-corrected chi connectivity index (χ2v) is 8.21. The van der Waals surface area contributed by atoms with Crippen LogP contribution in [-0.4, -0.2) is 4.98 Å². The maximum atomic E-state index is 12.3. The molecule has 0 atom stereocenters. The molecule has 3 nitrogen and oxygen atoms in total. The Morgan fingerprint density at radius 2 is 1.61 bits per heavy atom. The van der Waals surface area contributed by atoms with Gasteiger partial charge < -0.3 is 4.42 Å². The molecule has 2 aliphatic rings. The van der Waals surface area contributed by atoms with Crippen molar-refractivity contribution >= 4 is 11.1 Å². The van der Waals surface area contributed by atoms with Gasteiger partial charge in [-0.15, -0.1) is 0 Å². The molecule has 1 aliphatic carbocycles. The summed E-state index contributed by atoms with van der Waals surface area (Å²) in [6, 6.07) is 9.48. The van der Waals surface area contributed by atoms with Gasteiger partial charge in [0, 0.05) is 11.6 Å². The highest BCUT2D eigenvalue weighted by atomic mass is 16.3. The summed E-state index contributed by atoms with van der Waals surface area (Å²) in [5, 5.41) is 0. The van der Waals surface area contributed by atoms with Gasteiger partial charge in [-0.1, -0.05) is 47.6 Å². The summed E-state index contributed by atoms with van der Waals surface area (Å²) in [7, 11) is 0. The van der Waals surface area contributed by atoms with E-state index in [0.29, 0.717) is 11.3 Å². The molecule has 0 N–H and O–H groups in total. The van der Waals surface area contributed by atoms with Crippen molar-refractivity contribution in [3.63, 3.8) is 0 Å². The quantitative estimate of drug-likeness (QED) is 0.555. The Hall–Kier alpha value is -2.16. The highest BCUT2D eigenvalue weighted by molar-refractivity contribution is 5.77. The van der Waals surface area contributed by atoms with Crippen LogP contribution in [0.25, 0.3) is 22.6 Å². The number of hydrogen-bond donors (Lipinski definition) is 0. The molecular weight excluding hydrogens is 286 g/mol. The first-order valence-electron chi connectivity index (χ1n) is 7.95. The summed E-state index contributed by atoms with van der Waals surface area (Å²) >= 11 is 0. The van der Waals surface area contributed by atoms with Gasteiger partial charge in [0.05, 0.1) is 0 Å². The number of fused-ring (bicyclic) bond motifs is 2. The van der Waals surface area contributed by atoms with Crippen molar-refractivity contribution in [1.29, 1.82) is 0 Å². The van der Waals surface area contributed by atoms with Gasteiger partial charge in [-0.3, -0.25) is 4.79 Å². The Kier molecular flexibility index (Phi) is 3.36. The number of nitrogens with zero attached hydrogens (tertiary/aromatic N) is 1. The predicted molar refractivity (Wildman–Crippen MR) is 94.3 cm³/mol. The Balaban J connectivity index is 2.30. The summed E-state index contributed by atoms with van der Waals surface area (Å²) in [5.74, 6) is 0.541. The van der Waals surface area contributed by atoms with Crippen LogP contribution in [0.3, 0.4) is 0 Å². The maximum Gasteiger partial charge on any atom is 0.186 e. The highest BCUT2D eigenvalue weighted by Crippen LogP contribution is 2.30. The molecule has 0 radical (unpaired) electrons. The number of rotatable bonds is 0. The molecule has 1 aromatic rings. The lowest BCUT2D eigenvalue weighted by atomic mass is 9.85. The van der Waals surface area contributed by atoms with Crippen molar-refractivity contribution in [1.82, 2.24) is 4.98 Å². The van der Waals surface area contributed by atoms with Crippen LogP contribution in [0.15, 0.2) is 39.5 Å². The Morgan fingerprint density at radius 3 is 2.22 bits per heavy atom. The second kappa shape index (κ2) is 4.92. The number of aromatic nitrogens is 1. The summed E-state index contributed by atoms with van der Waals surface area (Å²) < 4.78 is 5.90.